The van der Waals surface area contributed by atoms with E-state index >= 15 is 0 Å². The first-order valence-corrected chi connectivity index (χ1v) is 6.54. The highest BCUT2D eigenvalue weighted by molar-refractivity contribution is 5.68. The van der Waals surface area contributed by atoms with E-state index in [0.29, 0.717) is 19.6 Å². The third-order valence-corrected chi connectivity index (χ3v) is 3.01. The maximum absolute atomic E-state index is 12.0. The largest absolute Gasteiger partial charge is 0.444 e. The Morgan fingerprint density at radius 3 is 2.84 bits per heavy atom. The van der Waals surface area contributed by atoms with Crippen LogP contribution >= 0.6 is 0 Å². The van der Waals surface area contributed by atoms with Gasteiger partial charge < -0.3 is 15.4 Å². The van der Waals surface area contributed by atoms with Crippen LogP contribution in [0.3, 0.4) is 0 Å². The highest BCUT2D eigenvalue weighted by Gasteiger charge is 2.25. The quantitative estimate of drug-likeness (QED) is 0.839. The van der Waals surface area contributed by atoms with Gasteiger partial charge in [-0.05, 0) is 44.4 Å². The average molecular weight is 263 g/mol. The van der Waals surface area contributed by atoms with Crippen LogP contribution in [0.15, 0.2) is 12.3 Å². The zero-order valence-electron chi connectivity index (χ0n) is 11.8. The van der Waals surface area contributed by atoms with Crippen LogP contribution in [0.5, 0.6) is 0 Å². The number of hydrogen-bond donors (Lipinski definition) is 1. The maximum Gasteiger partial charge on any atom is 0.410 e. The Morgan fingerprint density at radius 1 is 1.47 bits per heavy atom. The molecule has 1 aliphatic rings. The molecule has 5 heteroatoms. The van der Waals surface area contributed by atoms with E-state index in [0.717, 1.165) is 17.7 Å². The Morgan fingerprint density at radius 2 is 2.21 bits per heavy atom. The van der Waals surface area contributed by atoms with Gasteiger partial charge in [0.1, 0.15) is 5.60 Å². The SMILES string of the molecule is CC(C)(C)OC(=O)N1CCc2cc(CN)ncc2C1. The van der Waals surface area contributed by atoms with Crippen LogP contribution in [0, 0.1) is 0 Å². The summed E-state index contributed by atoms with van der Waals surface area (Å²) in [6, 6.07) is 2.03. The molecule has 2 N–H and O–H groups in total. The van der Waals surface area contributed by atoms with Gasteiger partial charge in [0.15, 0.2) is 0 Å². The summed E-state index contributed by atoms with van der Waals surface area (Å²) in [6.45, 7) is 7.30. The second-order valence-electron chi connectivity index (χ2n) is 5.80. The smallest absolute Gasteiger partial charge is 0.410 e. The summed E-state index contributed by atoms with van der Waals surface area (Å²) < 4.78 is 5.38. The second-order valence-corrected chi connectivity index (χ2v) is 5.80. The fourth-order valence-electron chi connectivity index (χ4n) is 2.08. The van der Waals surface area contributed by atoms with Crippen molar-refractivity contribution in [1.29, 1.82) is 0 Å². The van der Waals surface area contributed by atoms with Gasteiger partial charge in [-0.15, -0.1) is 0 Å². The van der Waals surface area contributed by atoms with Gasteiger partial charge in [0.05, 0.1) is 12.2 Å². The lowest BCUT2D eigenvalue weighted by molar-refractivity contribution is 0.0223. The van der Waals surface area contributed by atoms with E-state index in [1.807, 2.05) is 33.0 Å². The lowest BCUT2D eigenvalue weighted by Gasteiger charge is -2.31. The minimum Gasteiger partial charge on any atom is -0.444 e. The van der Waals surface area contributed by atoms with Crippen LogP contribution in [0.2, 0.25) is 0 Å². The number of ether oxygens (including phenoxy) is 1. The monoisotopic (exact) mass is 263 g/mol. The molecule has 2 rings (SSSR count). The van der Waals surface area contributed by atoms with Gasteiger partial charge in [0.2, 0.25) is 0 Å². The van der Waals surface area contributed by atoms with E-state index < -0.39 is 5.60 Å². The normalized spacial score (nSPS) is 15.1. The summed E-state index contributed by atoms with van der Waals surface area (Å²) in [6.07, 6.45) is 2.37. The Balaban J connectivity index is 2.08. The number of hydrogen-bond acceptors (Lipinski definition) is 4. The zero-order valence-corrected chi connectivity index (χ0v) is 11.8. The van der Waals surface area contributed by atoms with Crippen LogP contribution in [0.4, 0.5) is 4.79 Å². The molecular formula is C14H21N3O2. The van der Waals surface area contributed by atoms with E-state index in [1.165, 1.54) is 5.56 Å². The predicted octanol–water partition coefficient (Wildman–Crippen LogP) is 1.83. The first kappa shape index (κ1) is 13.8. The Kier molecular flexibility index (Phi) is 3.75. The highest BCUT2D eigenvalue weighted by Crippen LogP contribution is 2.21. The molecule has 0 bridgehead atoms. The van der Waals surface area contributed by atoms with E-state index in [4.69, 9.17) is 10.5 Å². The predicted molar refractivity (Wildman–Crippen MR) is 72.5 cm³/mol. The number of carbonyl (C=O) groups excluding carboxylic acids is 1. The molecule has 1 aromatic heterocycles. The minimum atomic E-state index is -0.459. The fourth-order valence-corrected chi connectivity index (χ4v) is 2.08. The molecule has 19 heavy (non-hydrogen) atoms. The van der Waals surface area contributed by atoms with Crippen molar-refractivity contribution in [2.24, 2.45) is 5.73 Å². The van der Waals surface area contributed by atoms with Crippen molar-refractivity contribution in [3.05, 3.63) is 29.1 Å². The van der Waals surface area contributed by atoms with Gasteiger partial charge in [-0.3, -0.25) is 4.98 Å². The molecule has 1 aliphatic heterocycles. The Hall–Kier alpha value is -1.62. The third kappa shape index (κ3) is 3.44. The molecular weight excluding hydrogens is 242 g/mol. The summed E-state index contributed by atoms with van der Waals surface area (Å²) in [5, 5.41) is 0. The molecule has 0 saturated heterocycles. The van der Waals surface area contributed by atoms with Gasteiger partial charge in [-0.2, -0.15) is 0 Å². The van der Waals surface area contributed by atoms with Crippen molar-refractivity contribution in [3.8, 4) is 0 Å². The van der Waals surface area contributed by atoms with Crippen molar-refractivity contribution < 1.29 is 9.53 Å². The first-order valence-electron chi connectivity index (χ1n) is 6.54. The van der Waals surface area contributed by atoms with Crippen molar-refractivity contribution in [1.82, 2.24) is 9.88 Å². The van der Waals surface area contributed by atoms with Gasteiger partial charge in [-0.25, -0.2) is 4.79 Å². The molecule has 0 saturated carbocycles. The molecule has 2 heterocycles. The molecule has 104 valence electrons. The van der Waals surface area contributed by atoms with E-state index in [2.05, 4.69) is 4.98 Å². The molecule has 1 amide bonds. The van der Waals surface area contributed by atoms with Crippen LogP contribution < -0.4 is 5.73 Å². The summed E-state index contributed by atoms with van der Waals surface area (Å²) in [7, 11) is 0. The topological polar surface area (TPSA) is 68.5 Å². The number of aromatic nitrogens is 1. The van der Waals surface area contributed by atoms with Crippen LogP contribution in [0.25, 0.3) is 0 Å². The number of carbonyl (C=O) groups is 1. The third-order valence-electron chi connectivity index (χ3n) is 3.01. The van der Waals surface area contributed by atoms with E-state index in [1.54, 1.807) is 4.90 Å². The summed E-state index contributed by atoms with van der Waals surface area (Å²) in [5.74, 6) is 0. The number of rotatable bonds is 1. The number of amides is 1. The van der Waals surface area contributed by atoms with Gasteiger partial charge >= 0.3 is 6.09 Å². The molecule has 0 fully saturated rings. The Bertz CT molecular complexity index is 480. The molecule has 0 atom stereocenters. The molecule has 5 nitrogen and oxygen atoms in total. The zero-order chi connectivity index (χ0) is 14.0. The van der Waals surface area contributed by atoms with Crippen LogP contribution in [-0.4, -0.2) is 28.1 Å². The summed E-state index contributed by atoms with van der Waals surface area (Å²) in [5.41, 5.74) is 8.32. The number of nitrogens with two attached hydrogens (primary N) is 1. The molecule has 0 aromatic carbocycles. The van der Waals surface area contributed by atoms with Crippen LogP contribution in [0.1, 0.15) is 37.6 Å². The molecule has 0 radical (unpaired) electrons. The number of nitrogens with zero attached hydrogens (tertiary/aromatic N) is 2. The first-order chi connectivity index (χ1) is 8.89. The van der Waals surface area contributed by atoms with Crippen molar-refractivity contribution in [3.63, 3.8) is 0 Å². The van der Waals surface area contributed by atoms with E-state index in [9.17, 15) is 4.79 Å². The van der Waals surface area contributed by atoms with Crippen molar-refractivity contribution >= 4 is 6.09 Å². The van der Waals surface area contributed by atoms with Gasteiger partial charge in [0, 0.05) is 19.3 Å². The number of fused-ring (bicyclic) bond motifs is 1. The standard InChI is InChI=1S/C14H21N3O2/c1-14(2,3)19-13(18)17-5-4-10-6-12(7-15)16-8-11(10)9-17/h6,8H,4-5,7,9,15H2,1-3H3. The van der Waals surface area contributed by atoms with Crippen LogP contribution in [-0.2, 0) is 24.2 Å². The number of pyridine rings is 1. The lowest BCUT2D eigenvalue weighted by Crippen LogP contribution is -2.40. The molecule has 1 aromatic rings. The maximum atomic E-state index is 12.0. The molecule has 0 aliphatic carbocycles. The summed E-state index contributed by atoms with van der Waals surface area (Å²) in [4.78, 5) is 18.0. The van der Waals surface area contributed by atoms with Gasteiger partial charge in [0.25, 0.3) is 0 Å². The second kappa shape index (κ2) is 5.17. The molecule has 0 unspecified atom stereocenters. The van der Waals surface area contributed by atoms with Gasteiger partial charge in [-0.1, -0.05) is 0 Å². The van der Waals surface area contributed by atoms with E-state index in [-0.39, 0.29) is 6.09 Å². The Labute approximate surface area is 113 Å². The minimum absolute atomic E-state index is 0.263. The summed E-state index contributed by atoms with van der Waals surface area (Å²) >= 11 is 0. The lowest BCUT2D eigenvalue weighted by atomic mass is 10.0. The van der Waals surface area contributed by atoms with Crippen molar-refractivity contribution in [2.75, 3.05) is 6.54 Å². The highest BCUT2D eigenvalue weighted by atomic mass is 16.6. The fraction of sp³-hybridized carbons (Fsp3) is 0.571. The van der Waals surface area contributed by atoms with Crippen molar-refractivity contribution in [2.45, 2.75) is 45.9 Å². The molecule has 0 spiro atoms. The average Bonchev–Trinajstić information content (AvgIpc) is 2.35.